The zero-order chi connectivity index (χ0) is 33.0. The Balaban J connectivity index is 2.10. The van der Waals surface area contributed by atoms with Gasteiger partial charge < -0.3 is 4.84 Å². The number of sulfone groups is 1. The van der Waals surface area contributed by atoms with Crippen LogP contribution in [0.15, 0.2) is 58.5 Å². The van der Waals surface area contributed by atoms with Gasteiger partial charge in [-0.1, -0.05) is 77.7 Å². The molecule has 0 saturated carbocycles. The van der Waals surface area contributed by atoms with E-state index in [1.54, 1.807) is 6.07 Å². The maximum Gasteiger partial charge on any atom is 0.329 e. The second-order valence-corrected chi connectivity index (χ2v) is 13.5. The highest BCUT2D eigenvalue weighted by molar-refractivity contribution is 7.91. The molecule has 1 aromatic heterocycles. The van der Waals surface area contributed by atoms with E-state index in [1.165, 1.54) is 37.5 Å². The number of aromatic nitrogens is 1. The van der Waals surface area contributed by atoms with Gasteiger partial charge in [-0.2, -0.15) is 4.73 Å². The monoisotopic (exact) mass is 642 g/mol. The third kappa shape index (κ3) is 10.3. The Kier molecular flexibility index (Phi) is 13.5. The average molecular weight is 643 g/mol. The molecule has 0 N–H and O–H groups in total. The van der Waals surface area contributed by atoms with Gasteiger partial charge in [-0.25, -0.2) is 17.6 Å². The van der Waals surface area contributed by atoms with Crippen LogP contribution in [0.5, 0.6) is 0 Å². The van der Waals surface area contributed by atoms with Crippen LogP contribution in [0.25, 0.3) is 22.3 Å². The Morgan fingerprint density at radius 2 is 1.49 bits per heavy atom. The second kappa shape index (κ2) is 17.0. The van der Waals surface area contributed by atoms with Crippen LogP contribution in [-0.2, 0) is 21.1 Å². The summed E-state index contributed by atoms with van der Waals surface area (Å²) in [6.07, 6.45) is 13.2. The first-order chi connectivity index (χ1) is 21.5. The van der Waals surface area contributed by atoms with Crippen LogP contribution in [0.2, 0.25) is 0 Å². The largest absolute Gasteiger partial charge is 0.337 e. The highest BCUT2D eigenvalue weighted by Crippen LogP contribution is 2.31. The quantitative estimate of drug-likeness (QED) is 0.0786. The summed E-state index contributed by atoms with van der Waals surface area (Å²) in [6.45, 7) is 5.38. The van der Waals surface area contributed by atoms with Crippen molar-refractivity contribution < 1.29 is 27.4 Å². The first-order valence-electron chi connectivity index (χ1n) is 15.7. The number of nitro benzene ring substituents is 1. The smallest absolute Gasteiger partial charge is 0.329 e. The van der Waals surface area contributed by atoms with Crippen molar-refractivity contribution in [3.8, 4) is 22.3 Å². The predicted octanol–water partition coefficient (Wildman–Crippen LogP) is 7.85. The zero-order valence-corrected chi connectivity index (χ0v) is 27.2. The average Bonchev–Trinajstić information content (AvgIpc) is 2.99. The predicted molar refractivity (Wildman–Crippen MR) is 173 cm³/mol. The standard InChI is InChI=1S/C34H43FN2O7S/c1-4-6-8-10-11-12-14-18-45(42,43)30-20-27(19-29(22-30)37(40)41)32-23-36(44-25(3)38)24-33(34(32)39)31-21-28(35)17-16-26(31)15-13-9-7-5-2/h16-17,19-24H,4-15,18H2,1-3H3. The fourth-order valence-electron chi connectivity index (χ4n) is 5.30. The van der Waals surface area contributed by atoms with Crippen molar-refractivity contribution in [2.24, 2.45) is 0 Å². The maximum atomic E-state index is 14.5. The van der Waals surface area contributed by atoms with E-state index in [-0.39, 0.29) is 27.3 Å². The lowest BCUT2D eigenvalue weighted by molar-refractivity contribution is -0.385. The summed E-state index contributed by atoms with van der Waals surface area (Å²) in [5.74, 6) is -1.46. The summed E-state index contributed by atoms with van der Waals surface area (Å²) >= 11 is 0. The molecule has 0 amide bonds. The molecule has 244 valence electrons. The number of hydrogen-bond donors (Lipinski definition) is 0. The van der Waals surface area contributed by atoms with Crippen LogP contribution in [0, 0.1) is 15.9 Å². The minimum atomic E-state index is -3.92. The van der Waals surface area contributed by atoms with Gasteiger partial charge in [0.2, 0.25) is 0 Å². The first kappa shape index (κ1) is 35.6. The van der Waals surface area contributed by atoms with Crippen molar-refractivity contribution in [1.82, 2.24) is 4.73 Å². The molecule has 0 aliphatic heterocycles. The van der Waals surface area contributed by atoms with Crippen molar-refractivity contribution in [3.05, 3.63) is 80.5 Å². The third-order valence-electron chi connectivity index (χ3n) is 7.69. The lowest BCUT2D eigenvalue weighted by Crippen LogP contribution is -2.21. The van der Waals surface area contributed by atoms with Gasteiger partial charge >= 0.3 is 5.97 Å². The van der Waals surface area contributed by atoms with Gasteiger partial charge in [-0.15, -0.1) is 0 Å². The van der Waals surface area contributed by atoms with E-state index in [2.05, 4.69) is 13.8 Å². The SMILES string of the molecule is CCCCCCCCCS(=O)(=O)c1cc(-c2cn(OC(C)=O)cc(-c3cc(F)ccc3CCCCCC)c2=O)cc([N+](=O)[O-])c1. The molecule has 1 heterocycles. The normalized spacial score (nSPS) is 11.5. The van der Waals surface area contributed by atoms with Gasteiger partial charge in [0.05, 0.1) is 28.0 Å². The molecule has 3 aromatic rings. The minimum absolute atomic E-state index is 0.0118. The highest BCUT2D eigenvalue weighted by atomic mass is 32.2. The molecular formula is C34H43FN2O7S. The number of unbranched alkanes of at least 4 members (excludes halogenated alkanes) is 9. The first-order valence-corrected chi connectivity index (χ1v) is 17.4. The number of carbonyl (C=O) groups excluding carboxylic acids is 1. The number of benzene rings is 2. The second-order valence-electron chi connectivity index (χ2n) is 11.4. The summed E-state index contributed by atoms with van der Waals surface area (Å²) in [4.78, 5) is 42.0. The number of hydrogen-bond acceptors (Lipinski definition) is 7. The van der Waals surface area contributed by atoms with E-state index in [4.69, 9.17) is 4.84 Å². The summed E-state index contributed by atoms with van der Waals surface area (Å²) in [5, 5.41) is 11.9. The van der Waals surface area contributed by atoms with Gasteiger partial charge in [-0.05, 0) is 54.2 Å². The van der Waals surface area contributed by atoms with Crippen LogP contribution >= 0.6 is 0 Å². The number of halogens is 1. The fourth-order valence-corrected chi connectivity index (χ4v) is 6.73. The molecular weight excluding hydrogens is 599 g/mol. The zero-order valence-electron chi connectivity index (χ0n) is 26.3. The van der Waals surface area contributed by atoms with Crippen LogP contribution in [0.4, 0.5) is 10.1 Å². The molecule has 9 nitrogen and oxygen atoms in total. The van der Waals surface area contributed by atoms with E-state index in [0.29, 0.717) is 30.4 Å². The van der Waals surface area contributed by atoms with Gasteiger partial charge in [-0.3, -0.25) is 14.9 Å². The molecule has 0 atom stereocenters. The van der Waals surface area contributed by atoms with E-state index < -0.39 is 37.7 Å². The lowest BCUT2D eigenvalue weighted by Gasteiger charge is -2.15. The Morgan fingerprint density at radius 1 is 0.867 bits per heavy atom. The number of rotatable bonds is 18. The van der Waals surface area contributed by atoms with Gasteiger partial charge in [0.25, 0.3) is 5.69 Å². The Morgan fingerprint density at radius 3 is 2.13 bits per heavy atom. The topological polar surface area (TPSA) is 126 Å². The number of nitro groups is 1. The molecule has 0 saturated heterocycles. The van der Waals surface area contributed by atoms with E-state index in [9.17, 15) is 32.5 Å². The van der Waals surface area contributed by atoms with E-state index in [0.717, 1.165) is 74.7 Å². The summed E-state index contributed by atoms with van der Waals surface area (Å²) in [7, 11) is -3.92. The molecule has 11 heteroatoms. The number of carbonyl (C=O) groups is 1. The molecule has 0 aliphatic rings. The van der Waals surface area contributed by atoms with Crippen molar-refractivity contribution in [3.63, 3.8) is 0 Å². The number of non-ortho nitro benzene ring substituents is 1. The molecule has 0 unspecified atom stereocenters. The Hall–Kier alpha value is -3.86. The van der Waals surface area contributed by atoms with Gasteiger partial charge in [0.15, 0.2) is 15.3 Å². The lowest BCUT2D eigenvalue weighted by atomic mass is 9.94. The molecule has 0 fully saturated rings. The molecule has 0 radical (unpaired) electrons. The van der Waals surface area contributed by atoms with Crippen LogP contribution in [0.1, 0.15) is 97.0 Å². The molecule has 45 heavy (non-hydrogen) atoms. The van der Waals surface area contributed by atoms with Crippen LogP contribution < -0.4 is 10.3 Å². The fraction of sp³-hybridized carbons (Fsp3) is 0.471. The third-order valence-corrected chi connectivity index (χ3v) is 9.47. The molecule has 3 rings (SSSR count). The summed E-state index contributed by atoms with van der Waals surface area (Å²) < 4.78 is 42.2. The number of pyridine rings is 1. The van der Waals surface area contributed by atoms with E-state index >= 15 is 0 Å². The molecule has 0 spiro atoms. The van der Waals surface area contributed by atoms with Crippen LogP contribution in [0.3, 0.4) is 0 Å². The molecule has 0 aliphatic carbocycles. The highest BCUT2D eigenvalue weighted by Gasteiger charge is 2.23. The Labute approximate surface area is 264 Å². The van der Waals surface area contributed by atoms with Crippen molar-refractivity contribution in [2.45, 2.75) is 103 Å². The Bertz CT molecular complexity index is 1650. The maximum absolute atomic E-state index is 14.5. The minimum Gasteiger partial charge on any atom is -0.337 e. The van der Waals surface area contributed by atoms with Crippen molar-refractivity contribution in [2.75, 3.05) is 5.75 Å². The molecule has 2 aromatic carbocycles. The number of nitrogens with zero attached hydrogens (tertiary/aromatic N) is 2. The van der Waals surface area contributed by atoms with Crippen molar-refractivity contribution >= 4 is 21.5 Å². The number of aryl methyl sites for hydroxylation is 1. The van der Waals surface area contributed by atoms with E-state index in [1.807, 2.05) is 0 Å². The van der Waals surface area contributed by atoms with Gasteiger partial charge in [0.1, 0.15) is 5.82 Å². The van der Waals surface area contributed by atoms with Gasteiger partial charge in [0, 0.05) is 30.2 Å². The van der Waals surface area contributed by atoms with Crippen LogP contribution in [-0.4, -0.2) is 29.8 Å². The summed E-state index contributed by atoms with van der Waals surface area (Å²) in [6, 6.07) is 7.51. The molecule has 0 bridgehead atoms. The van der Waals surface area contributed by atoms with Crippen molar-refractivity contribution in [1.29, 1.82) is 0 Å². The summed E-state index contributed by atoms with van der Waals surface area (Å²) in [5.41, 5.74) is -0.254.